The van der Waals surface area contributed by atoms with Gasteiger partial charge in [0, 0.05) is 16.8 Å². The van der Waals surface area contributed by atoms with Gasteiger partial charge in [0.2, 0.25) is 0 Å². The third-order valence-corrected chi connectivity index (χ3v) is 2.82. The van der Waals surface area contributed by atoms with E-state index in [1.165, 1.54) is 0 Å². The number of carbonyl (C=O) groups excluding carboxylic acids is 1. The predicted molar refractivity (Wildman–Crippen MR) is 82.8 cm³/mol. The molecule has 0 aliphatic carbocycles. The molecule has 5 nitrogen and oxygen atoms in total. The first kappa shape index (κ1) is 19.3. The number of nitrogens with two attached hydrogens (primary N) is 1. The predicted octanol–water partition coefficient (Wildman–Crippen LogP) is 0.654. The van der Waals surface area contributed by atoms with Gasteiger partial charge in [-0.15, -0.1) is 0 Å². The molecule has 0 amide bonds. The summed E-state index contributed by atoms with van der Waals surface area (Å²) in [4.78, 5) is 23.0. The Morgan fingerprint density at radius 2 is 1.62 bits per heavy atom. The average Bonchev–Trinajstić information content (AvgIpc) is 2.41. The van der Waals surface area contributed by atoms with Crippen LogP contribution in [-0.4, -0.2) is 51.9 Å². The van der Waals surface area contributed by atoms with Crippen LogP contribution in [0.5, 0.6) is 0 Å². The van der Waals surface area contributed by atoms with Gasteiger partial charge in [-0.25, -0.2) is 0 Å². The normalized spacial score (nSPS) is 9.14. The summed E-state index contributed by atoms with van der Waals surface area (Å²) in [5.41, 5.74) is 7.44. The van der Waals surface area contributed by atoms with Gasteiger partial charge in [-0.05, 0) is 11.6 Å². The van der Waals surface area contributed by atoms with Crippen molar-refractivity contribution < 1.29 is 20.2 Å². The Balaban J connectivity index is 0.00000200. The van der Waals surface area contributed by atoms with Gasteiger partial charge >= 0.3 is 35.5 Å². The van der Waals surface area contributed by atoms with Crippen molar-refractivity contribution in [2.75, 3.05) is 5.73 Å². The van der Waals surface area contributed by atoms with E-state index in [2.05, 4.69) is 0 Å². The summed E-state index contributed by atoms with van der Waals surface area (Å²) in [7, 11) is 0. The van der Waals surface area contributed by atoms with Crippen molar-refractivity contribution in [2.45, 2.75) is 6.42 Å². The Morgan fingerprint density at radius 3 is 2.19 bits per heavy atom. The topological polar surface area (TPSA) is 112 Å². The molecule has 21 heavy (non-hydrogen) atoms. The number of carbonyl (C=O) groups is 2. The number of aliphatic carboxylic acids is 1. The number of carboxylic acids is 1. The SMILES string of the molecule is Nc1c(CC(=O)O)cccc1C(=O)c1ccccc1.O.[NaH]. The average molecular weight is 297 g/mol. The molecule has 0 aliphatic rings. The molecule has 0 aliphatic heterocycles. The molecule has 2 rings (SSSR count). The molecule has 106 valence electrons. The third kappa shape index (κ3) is 4.68. The summed E-state index contributed by atoms with van der Waals surface area (Å²) >= 11 is 0. The van der Waals surface area contributed by atoms with E-state index in [1.54, 1.807) is 42.5 Å². The van der Waals surface area contributed by atoms with Crippen LogP contribution in [0.25, 0.3) is 0 Å². The number of rotatable bonds is 4. The first-order valence-corrected chi connectivity index (χ1v) is 5.78. The monoisotopic (exact) mass is 297 g/mol. The van der Waals surface area contributed by atoms with E-state index in [1.807, 2.05) is 6.07 Å². The first-order chi connectivity index (χ1) is 9.09. The zero-order valence-electron chi connectivity index (χ0n) is 10.7. The van der Waals surface area contributed by atoms with Crippen molar-refractivity contribution in [1.82, 2.24) is 0 Å². The van der Waals surface area contributed by atoms with Crippen molar-refractivity contribution >= 4 is 47.0 Å². The number of para-hydroxylation sites is 1. The van der Waals surface area contributed by atoms with Crippen molar-refractivity contribution in [2.24, 2.45) is 0 Å². The minimum absolute atomic E-state index is 0. The molecule has 2 aromatic rings. The molecule has 0 atom stereocenters. The van der Waals surface area contributed by atoms with E-state index in [9.17, 15) is 9.59 Å². The van der Waals surface area contributed by atoms with Gasteiger partial charge in [0.1, 0.15) is 0 Å². The van der Waals surface area contributed by atoms with Gasteiger partial charge in [-0.3, -0.25) is 9.59 Å². The molecular weight excluding hydrogens is 281 g/mol. The van der Waals surface area contributed by atoms with Crippen molar-refractivity contribution in [3.63, 3.8) is 0 Å². The van der Waals surface area contributed by atoms with Gasteiger partial charge in [0.05, 0.1) is 6.42 Å². The Bertz CT molecular complexity index is 629. The van der Waals surface area contributed by atoms with Crippen LogP contribution in [0.3, 0.4) is 0 Å². The summed E-state index contributed by atoms with van der Waals surface area (Å²) in [6, 6.07) is 13.6. The summed E-state index contributed by atoms with van der Waals surface area (Å²) in [6.07, 6.45) is -0.193. The molecule has 6 heteroatoms. The van der Waals surface area contributed by atoms with Crippen LogP contribution < -0.4 is 5.73 Å². The number of nitrogen functional groups attached to an aromatic ring is 1. The summed E-state index contributed by atoms with van der Waals surface area (Å²) in [6.45, 7) is 0. The Kier molecular flexibility index (Phi) is 7.91. The van der Waals surface area contributed by atoms with Gasteiger partial charge in [0.25, 0.3) is 0 Å². The molecule has 0 bridgehead atoms. The molecule has 0 fully saturated rings. The number of hydrogen-bond donors (Lipinski definition) is 2. The molecule has 5 N–H and O–H groups in total. The number of hydrogen-bond acceptors (Lipinski definition) is 3. The van der Waals surface area contributed by atoms with Crippen LogP contribution in [-0.2, 0) is 11.2 Å². The minimum atomic E-state index is -0.976. The fourth-order valence-corrected chi connectivity index (χ4v) is 1.87. The van der Waals surface area contributed by atoms with Crippen LogP contribution in [0.2, 0.25) is 0 Å². The van der Waals surface area contributed by atoms with Crippen LogP contribution in [0.1, 0.15) is 21.5 Å². The van der Waals surface area contributed by atoms with E-state index in [4.69, 9.17) is 10.8 Å². The van der Waals surface area contributed by atoms with E-state index < -0.39 is 5.97 Å². The van der Waals surface area contributed by atoms with Crippen LogP contribution in [0.4, 0.5) is 5.69 Å². The zero-order chi connectivity index (χ0) is 13.8. The molecule has 0 saturated heterocycles. The molecule has 0 spiro atoms. The Hall–Kier alpha value is -1.66. The maximum absolute atomic E-state index is 12.3. The Morgan fingerprint density at radius 1 is 1.00 bits per heavy atom. The molecule has 2 aromatic carbocycles. The number of benzene rings is 2. The van der Waals surface area contributed by atoms with Crippen molar-refractivity contribution in [1.29, 1.82) is 0 Å². The van der Waals surface area contributed by atoms with Gasteiger partial charge < -0.3 is 16.3 Å². The van der Waals surface area contributed by atoms with Crippen LogP contribution >= 0.6 is 0 Å². The van der Waals surface area contributed by atoms with Crippen LogP contribution in [0, 0.1) is 0 Å². The molecule has 0 aromatic heterocycles. The molecule has 0 unspecified atom stereocenters. The zero-order valence-corrected chi connectivity index (χ0v) is 10.7. The van der Waals surface area contributed by atoms with E-state index >= 15 is 0 Å². The van der Waals surface area contributed by atoms with Crippen molar-refractivity contribution in [3.8, 4) is 0 Å². The van der Waals surface area contributed by atoms with Crippen LogP contribution in [0.15, 0.2) is 48.5 Å². The number of carboxylic acid groups (broad SMARTS) is 1. The van der Waals surface area contributed by atoms with Gasteiger partial charge in [-0.1, -0.05) is 42.5 Å². The van der Waals surface area contributed by atoms with E-state index in [0.29, 0.717) is 16.7 Å². The summed E-state index contributed by atoms with van der Waals surface area (Å²) in [5.74, 6) is -1.18. The number of ketones is 1. The standard InChI is InChI=1S/C15H13NO3.Na.H2O.H/c16-14-11(9-13(17)18)7-4-8-12(14)15(19)10-5-2-1-3-6-10;;;/h1-8H,9,16H2,(H,17,18);;1H2;. The molecule has 0 radical (unpaired) electrons. The summed E-state index contributed by atoms with van der Waals surface area (Å²) in [5, 5.41) is 8.80. The molecule has 0 saturated carbocycles. The van der Waals surface area contributed by atoms with E-state index in [0.717, 1.165) is 0 Å². The third-order valence-electron chi connectivity index (χ3n) is 2.82. The van der Waals surface area contributed by atoms with E-state index in [-0.39, 0.29) is 52.9 Å². The second kappa shape index (κ2) is 8.59. The van der Waals surface area contributed by atoms with Crippen molar-refractivity contribution in [3.05, 3.63) is 65.2 Å². The van der Waals surface area contributed by atoms with Gasteiger partial charge in [0.15, 0.2) is 5.78 Å². The maximum atomic E-state index is 12.3. The second-order valence-corrected chi connectivity index (χ2v) is 4.14. The fraction of sp³-hybridized carbons (Fsp3) is 0.0667. The summed E-state index contributed by atoms with van der Waals surface area (Å²) < 4.78 is 0. The molecular formula is C15H16NNaO4. The quantitative estimate of drug-likeness (QED) is 0.490. The first-order valence-electron chi connectivity index (χ1n) is 5.78. The Labute approximate surface area is 144 Å². The second-order valence-electron chi connectivity index (χ2n) is 4.14. The fourth-order valence-electron chi connectivity index (χ4n) is 1.87. The molecule has 0 heterocycles. The van der Waals surface area contributed by atoms with Gasteiger partial charge in [-0.2, -0.15) is 0 Å². The number of anilines is 1.